The Labute approximate surface area is 193 Å². The molecule has 0 amide bonds. The van der Waals surface area contributed by atoms with E-state index in [9.17, 15) is 4.79 Å². The van der Waals surface area contributed by atoms with Gasteiger partial charge in [-0.05, 0) is 76.3 Å². The van der Waals surface area contributed by atoms with Crippen molar-refractivity contribution in [1.29, 1.82) is 0 Å². The van der Waals surface area contributed by atoms with Crippen LogP contribution < -0.4 is 4.74 Å². The minimum Gasteiger partial charge on any atom is -0.497 e. The molecule has 0 radical (unpaired) electrons. The molecule has 0 bridgehead atoms. The first kappa shape index (κ1) is 22.4. The molecule has 0 aliphatic heterocycles. The summed E-state index contributed by atoms with van der Waals surface area (Å²) in [5.74, 6) is 1.24. The van der Waals surface area contributed by atoms with E-state index in [0.717, 1.165) is 41.4 Å². The SMILES string of the molecule is COc1ccc(-n2cnnc2SCC(=O)c2cc(C)n(CCC3=CCCCC3)c2C)cc1. The van der Waals surface area contributed by atoms with E-state index in [4.69, 9.17) is 4.74 Å². The lowest BCUT2D eigenvalue weighted by atomic mass is 9.97. The van der Waals surface area contributed by atoms with Gasteiger partial charge in [-0.1, -0.05) is 23.4 Å². The van der Waals surface area contributed by atoms with Crippen molar-refractivity contribution in [1.82, 2.24) is 19.3 Å². The van der Waals surface area contributed by atoms with E-state index in [1.54, 1.807) is 19.0 Å². The zero-order valence-electron chi connectivity index (χ0n) is 19.0. The van der Waals surface area contributed by atoms with Crippen molar-refractivity contribution in [2.45, 2.75) is 57.7 Å². The van der Waals surface area contributed by atoms with Gasteiger partial charge >= 0.3 is 0 Å². The van der Waals surface area contributed by atoms with Gasteiger partial charge in [-0.2, -0.15) is 0 Å². The fourth-order valence-electron chi connectivity index (χ4n) is 4.27. The Balaban J connectivity index is 1.42. The molecule has 6 nitrogen and oxygen atoms in total. The van der Waals surface area contributed by atoms with E-state index in [0.29, 0.717) is 10.9 Å². The highest BCUT2D eigenvalue weighted by atomic mass is 32.2. The predicted octanol–water partition coefficient (Wildman–Crippen LogP) is 5.56. The van der Waals surface area contributed by atoms with Gasteiger partial charge in [-0.3, -0.25) is 9.36 Å². The fourth-order valence-corrected chi connectivity index (χ4v) is 5.08. The minimum atomic E-state index is 0.121. The van der Waals surface area contributed by atoms with Crippen molar-refractivity contribution >= 4 is 17.5 Å². The molecule has 32 heavy (non-hydrogen) atoms. The number of Topliss-reactive ketones (excluding diaryl/α,β-unsaturated/α-hetero) is 1. The number of aryl methyl sites for hydroxylation is 1. The molecule has 0 fully saturated rings. The highest BCUT2D eigenvalue weighted by Gasteiger charge is 2.18. The summed E-state index contributed by atoms with van der Waals surface area (Å²) in [6.45, 7) is 5.09. The van der Waals surface area contributed by atoms with Crippen LogP contribution in [-0.4, -0.2) is 38.0 Å². The van der Waals surface area contributed by atoms with Crippen molar-refractivity contribution in [3.8, 4) is 11.4 Å². The lowest BCUT2D eigenvalue weighted by molar-refractivity contribution is 0.102. The number of carbonyl (C=O) groups excluding carboxylic acids is 1. The first-order valence-corrected chi connectivity index (χ1v) is 12.1. The van der Waals surface area contributed by atoms with Gasteiger partial charge in [0.2, 0.25) is 0 Å². The number of methoxy groups -OCH3 is 1. The summed E-state index contributed by atoms with van der Waals surface area (Å²) in [6, 6.07) is 9.72. The first-order chi connectivity index (χ1) is 15.6. The largest absolute Gasteiger partial charge is 0.497 e. The number of aromatic nitrogens is 4. The van der Waals surface area contributed by atoms with Crippen LogP contribution in [-0.2, 0) is 6.54 Å². The van der Waals surface area contributed by atoms with Gasteiger partial charge in [0.1, 0.15) is 12.1 Å². The molecule has 7 heteroatoms. The van der Waals surface area contributed by atoms with Gasteiger partial charge in [0, 0.05) is 29.2 Å². The zero-order valence-corrected chi connectivity index (χ0v) is 19.8. The summed E-state index contributed by atoms with van der Waals surface area (Å²) in [5.41, 5.74) is 5.50. The van der Waals surface area contributed by atoms with Gasteiger partial charge in [-0.25, -0.2) is 0 Å². The number of allylic oxidation sites excluding steroid dienone is 2. The second-order valence-corrected chi connectivity index (χ2v) is 9.13. The Morgan fingerprint density at radius 3 is 2.72 bits per heavy atom. The van der Waals surface area contributed by atoms with Crippen LogP contribution in [0.5, 0.6) is 5.75 Å². The van der Waals surface area contributed by atoms with Crippen LogP contribution in [0.25, 0.3) is 5.69 Å². The Morgan fingerprint density at radius 2 is 2.00 bits per heavy atom. The molecule has 1 aliphatic carbocycles. The highest BCUT2D eigenvalue weighted by molar-refractivity contribution is 7.99. The average Bonchev–Trinajstić information content (AvgIpc) is 3.41. The van der Waals surface area contributed by atoms with E-state index in [1.165, 1.54) is 37.4 Å². The van der Waals surface area contributed by atoms with Crippen LogP contribution in [0.2, 0.25) is 0 Å². The van der Waals surface area contributed by atoms with Crippen molar-refractivity contribution in [2.75, 3.05) is 12.9 Å². The number of thioether (sulfide) groups is 1. The van der Waals surface area contributed by atoms with E-state index in [2.05, 4.69) is 34.7 Å². The molecule has 0 atom stereocenters. The zero-order chi connectivity index (χ0) is 22.5. The average molecular weight is 451 g/mol. The van der Waals surface area contributed by atoms with Crippen molar-refractivity contribution in [2.24, 2.45) is 0 Å². The summed E-state index contributed by atoms with van der Waals surface area (Å²) >= 11 is 1.41. The Kier molecular flexibility index (Phi) is 7.15. The minimum absolute atomic E-state index is 0.121. The number of rotatable bonds is 9. The molecule has 0 spiro atoms. The first-order valence-electron chi connectivity index (χ1n) is 11.1. The Bertz CT molecular complexity index is 1110. The standard InChI is InChI=1S/C25H30N4O2S/c1-18-15-23(19(2)28(18)14-13-20-7-5-4-6-8-20)24(30)16-32-25-27-26-17-29(25)21-9-11-22(31-3)12-10-21/h7,9-12,15,17H,4-6,8,13-14,16H2,1-3H3. The topological polar surface area (TPSA) is 61.9 Å². The van der Waals surface area contributed by atoms with Crippen LogP contribution in [0.15, 0.2) is 53.5 Å². The van der Waals surface area contributed by atoms with Gasteiger partial charge < -0.3 is 9.30 Å². The number of hydrogen-bond acceptors (Lipinski definition) is 5. The van der Waals surface area contributed by atoms with Crippen LogP contribution in [0.4, 0.5) is 0 Å². The van der Waals surface area contributed by atoms with Gasteiger partial charge in [0.05, 0.1) is 12.9 Å². The predicted molar refractivity (Wildman–Crippen MR) is 128 cm³/mol. The van der Waals surface area contributed by atoms with Crippen LogP contribution in [0, 0.1) is 13.8 Å². The molecule has 168 valence electrons. The molecular formula is C25H30N4O2S. The van der Waals surface area contributed by atoms with Crippen molar-refractivity contribution < 1.29 is 9.53 Å². The normalized spacial score (nSPS) is 13.8. The molecule has 0 saturated heterocycles. The Hall–Kier alpha value is -2.80. The Morgan fingerprint density at radius 1 is 1.19 bits per heavy atom. The van der Waals surface area contributed by atoms with Crippen LogP contribution >= 0.6 is 11.8 Å². The molecule has 2 aromatic heterocycles. The van der Waals surface area contributed by atoms with E-state index in [1.807, 2.05) is 34.9 Å². The molecule has 3 aromatic rings. The summed E-state index contributed by atoms with van der Waals surface area (Å²) in [5, 5.41) is 8.94. The lowest BCUT2D eigenvalue weighted by Gasteiger charge is -2.15. The smallest absolute Gasteiger partial charge is 0.196 e. The number of carbonyl (C=O) groups is 1. The number of benzene rings is 1. The van der Waals surface area contributed by atoms with E-state index < -0.39 is 0 Å². The fraction of sp³-hybridized carbons (Fsp3) is 0.400. The number of ketones is 1. The third kappa shape index (κ3) is 4.99. The van der Waals surface area contributed by atoms with E-state index in [-0.39, 0.29) is 5.78 Å². The lowest BCUT2D eigenvalue weighted by Crippen LogP contribution is -2.08. The summed E-state index contributed by atoms with van der Waals surface area (Å²) in [4.78, 5) is 13.0. The maximum absolute atomic E-state index is 13.0. The van der Waals surface area contributed by atoms with Crippen LogP contribution in [0.1, 0.15) is 53.8 Å². The number of ether oxygens (including phenoxy) is 1. The molecule has 0 N–H and O–H groups in total. The van der Waals surface area contributed by atoms with Crippen LogP contribution in [0.3, 0.4) is 0 Å². The maximum Gasteiger partial charge on any atom is 0.196 e. The molecule has 1 aromatic carbocycles. The van der Waals surface area contributed by atoms with Crippen molar-refractivity contribution in [3.05, 3.63) is 65.3 Å². The van der Waals surface area contributed by atoms with Gasteiger partial charge in [-0.15, -0.1) is 10.2 Å². The molecule has 2 heterocycles. The summed E-state index contributed by atoms with van der Waals surface area (Å²) < 4.78 is 9.40. The molecule has 4 rings (SSSR count). The third-order valence-corrected chi connectivity index (χ3v) is 7.06. The summed E-state index contributed by atoms with van der Waals surface area (Å²) in [6.07, 6.45) is 10.2. The number of nitrogens with zero attached hydrogens (tertiary/aromatic N) is 4. The monoisotopic (exact) mass is 450 g/mol. The molecule has 1 aliphatic rings. The molecule has 0 unspecified atom stereocenters. The third-order valence-electron chi connectivity index (χ3n) is 6.12. The highest BCUT2D eigenvalue weighted by Crippen LogP contribution is 2.25. The van der Waals surface area contributed by atoms with Crippen molar-refractivity contribution in [3.63, 3.8) is 0 Å². The quantitative estimate of drug-likeness (QED) is 0.243. The van der Waals surface area contributed by atoms with E-state index >= 15 is 0 Å². The molecular weight excluding hydrogens is 420 g/mol. The second kappa shape index (κ2) is 10.2. The summed E-state index contributed by atoms with van der Waals surface area (Å²) in [7, 11) is 1.64. The second-order valence-electron chi connectivity index (χ2n) is 8.19. The number of hydrogen-bond donors (Lipinski definition) is 0. The van der Waals surface area contributed by atoms with Gasteiger partial charge in [0.25, 0.3) is 0 Å². The molecule has 0 saturated carbocycles. The van der Waals surface area contributed by atoms with Gasteiger partial charge in [0.15, 0.2) is 10.9 Å². The maximum atomic E-state index is 13.0.